The van der Waals surface area contributed by atoms with Crippen LogP contribution in [0.4, 0.5) is 0 Å². The Bertz CT molecular complexity index is 578. The fourth-order valence-electron chi connectivity index (χ4n) is 1.26. The van der Waals surface area contributed by atoms with Crippen LogP contribution in [0.5, 0.6) is 0 Å². The van der Waals surface area contributed by atoms with E-state index < -0.39 is 0 Å². The quantitative estimate of drug-likeness (QED) is 0.359. The molecule has 5 nitrogen and oxygen atoms in total. The summed E-state index contributed by atoms with van der Waals surface area (Å²) in [5.41, 5.74) is 2.63. The molecular weight excluding hydrogens is 212 g/mol. The maximum Gasteiger partial charge on any atom is 0.259 e. The molecule has 2 aromatic rings. The van der Waals surface area contributed by atoms with E-state index in [1.54, 1.807) is 24.3 Å². The first kappa shape index (κ1) is 9.75. The van der Waals surface area contributed by atoms with Gasteiger partial charge in [-0.3, -0.25) is 4.79 Å². The third-order valence-corrected chi connectivity index (χ3v) is 2.27. The van der Waals surface area contributed by atoms with Gasteiger partial charge in [-0.05, 0) is 12.1 Å². The normalized spacial score (nSPS) is 10.2. The Morgan fingerprint density at radius 1 is 1.47 bits per heavy atom. The van der Waals surface area contributed by atoms with E-state index in [2.05, 4.69) is 15.4 Å². The van der Waals surface area contributed by atoms with Crippen LogP contribution in [0.2, 0.25) is 0 Å². The molecule has 0 aliphatic heterocycles. The van der Waals surface area contributed by atoms with Crippen molar-refractivity contribution >= 4 is 28.1 Å². The summed E-state index contributed by atoms with van der Waals surface area (Å²) in [6.45, 7) is 0. The van der Waals surface area contributed by atoms with Gasteiger partial charge in [-0.25, -0.2) is 10.8 Å². The molecule has 0 radical (unpaired) electrons. The van der Waals surface area contributed by atoms with Gasteiger partial charge in [-0.15, -0.1) is 0 Å². The van der Waals surface area contributed by atoms with Gasteiger partial charge < -0.3 is 10.4 Å². The van der Waals surface area contributed by atoms with Crippen molar-refractivity contribution in [1.82, 2.24) is 15.4 Å². The van der Waals surface area contributed by atoms with Gasteiger partial charge in [-0.2, -0.15) is 0 Å². The lowest BCUT2D eigenvalue weighted by Crippen LogP contribution is -2.32. The zero-order valence-electron chi connectivity index (χ0n) is 7.65. The van der Waals surface area contributed by atoms with E-state index in [-0.39, 0.29) is 16.4 Å². The number of hydrogen-bond donors (Lipinski definition) is 3. The van der Waals surface area contributed by atoms with E-state index in [0.717, 1.165) is 0 Å². The van der Waals surface area contributed by atoms with Crippen LogP contribution in [0.3, 0.4) is 0 Å². The molecule has 0 aliphatic rings. The van der Waals surface area contributed by atoms with Crippen LogP contribution >= 0.6 is 12.2 Å². The van der Waals surface area contributed by atoms with Gasteiger partial charge in [0.2, 0.25) is 0 Å². The molecule has 2 rings (SSSR count). The molecule has 4 N–H and O–H groups in total. The number of nitrogens with one attached hydrogen (secondary N) is 2. The van der Waals surface area contributed by atoms with E-state index >= 15 is 0 Å². The Kier molecular flexibility index (Phi) is 2.44. The summed E-state index contributed by atoms with van der Waals surface area (Å²) >= 11 is 4.88. The van der Waals surface area contributed by atoms with Gasteiger partial charge in [0.15, 0.2) is 10.8 Å². The highest BCUT2D eigenvalue weighted by atomic mass is 32.1. The van der Waals surface area contributed by atoms with Crippen LogP contribution in [0.15, 0.2) is 29.1 Å². The molecule has 6 heteroatoms. The Balaban J connectivity index is 2.73. The second-order valence-electron chi connectivity index (χ2n) is 2.91. The fourth-order valence-corrected chi connectivity index (χ4v) is 1.36. The smallest absolute Gasteiger partial charge is 0.259 e. The Morgan fingerprint density at radius 2 is 2.20 bits per heavy atom. The number of nitrogens with zero attached hydrogens (tertiary/aromatic N) is 1. The molecule has 0 spiro atoms. The first-order valence-electron chi connectivity index (χ1n) is 4.22. The maximum atomic E-state index is 11.6. The van der Waals surface area contributed by atoms with Crippen molar-refractivity contribution in [3.63, 3.8) is 0 Å². The number of hydrogen-bond acceptors (Lipinski definition) is 4. The highest BCUT2D eigenvalue weighted by Gasteiger charge is 2.05. The second-order valence-corrected chi connectivity index (χ2v) is 3.31. The number of benzene rings is 1. The molecular formula is C9H8N4OS. The highest BCUT2D eigenvalue weighted by molar-refractivity contribution is 7.80. The maximum absolute atomic E-state index is 11.6. The molecule has 0 bridgehead atoms. The third kappa shape index (κ3) is 1.72. The van der Waals surface area contributed by atoms with Gasteiger partial charge >= 0.3 is 0 Å². The number of aromatic nitrogens is 2. The van der Waals surface area contributed by atoms with Crippen molar-refractivity contribution < 1.29 is 0 Å². The molecule has 0 unspecified atom stereocenters. The first-order chi connectivity index (χ1) is 7.22. The molecule has 1 heterocycles. The van der Waals surface area contributed by atoms with Crippen molar-refractivity contribution in [3.8, 4) is 0 Å². The van der Waals surface area contributed by atoms with Crippen molar-refractivity contribution in [2.24, 2.45) is 5.84 Å². The predicted molar refractivity (Wildman–Crippen MR) is 61.4 cm³/mol. The summed E-state index contributed by atoms with van der Waals surface area (Å²) in [5, 5.41) is 0.529. The summed E-state index contributed by atoms with van der Waals surface area (Å²) in [4.78, 5) is 18.5. The summed E-state index contributed by atoms with van der Waals surface area (Å²) < 4.78 is 0. The third-order valence-electron chi connectivity index (χ3n) is 1.96. The van der Waals surface area contributed by atoms with E-state index in [1.165, 1.54) is 0 Å². The number of hydrazine groups is 1. The lowest BCUT2D eigenvalue weighted by Gasteiger charge is -2.02. The molecule has 15 heavy (non-hydrogen) atoms. The average Bonchev–Trinajstić information content (AvgIpc) is 2.28. The molecule has 1 aromatic heterocycles. The second kappa shape index (κ2) is 3.76. The van der Waals surface area contributed by atoms with Gasteiger partial charge in [0.1, 0.15) is 0 Å². The van der Waals surface area contributed by atoms with Crippen LogP contribution in [0.25, 0.3) is 10.9 Å². The Morgan fingerprint density at radius 3 is 2.93 bits per heavy atom. The number of fused-ring (bicyclic) bond motifs is 1. The minimum absolute atomic E-state index is 0.206. The van der Waals surface area contributed by atoms with Gasteiger partial charge in [0, 0.05) is 0 Å². The summed E-state index contributed by atoms with van der Waals surface area (Å²) in [5.74, 6) is 5.42. The Labute approximate surface area is 90.3 Å². The topological polar surface area (TPSA) is 83.8 Å². The lowest BCUT2D eigenvalue weighted by molar-refractivity contribution is 1.01. The van der Waals surface area contributed by atoms with E-state index in [0.29, 0.717) is 10.9 Å². The summed E-state index contributed by atoms with van der Waals surface area (Å²) in [6.07, 6.45) is 0. The van der Waals surface area contributed by atoms with Crippen molar-refractivity contribution in [1.29, 1.82) is 0 Å². The molecule has 0 amide bonds. The van der Waals surface area contributed by atoms with E-state index in [1.807, 2.05) is 0 Å². The standard InChI is InChI=1S/C9H8N4OS/c10-13-9(15)7-11-6-4-2-1-3-5(6)8(14)12-7/h1-4H,10H2,(H,13,15)(H,11,12,14). The molecule has 0 aliphatic carbocycles. The predicted octanol–water partition coefficient (Wildman–Crippen LogP) is 0.0619. The largest absolute Gasteiger partial charge is 0.312 e. The van der Waals surface area contributed by atoms with Gasteiger partial charge in [0.05, 0.1) is 10.9 Å². The molecule has 0 atom stereocenters. The number of aromatic amines is 1. The SMILES string of the molecule is NNC(=S)c1nc2ccccc2c(=O)[nH]1. The number of nitrogens with two attached hydrogens (primary N) is 1. The van der Waals surface area contributed by atoms with Crippen molar-refractivity contribution in [3.05, 3.63) is 40.4 Å². The minimum Gasteiger partial charge on any atom is -0.312 e. The van der Waals surface area contributed by atoms with Gasteiger partial charge in [-0.1, -0.05) is 24.4 Å². The average molecular weight is 220 g/mol. The molecule has 76 valence electrons. The van der Waals surface area contributed by atoms with Gasteiger partial charge in [0.25, 0.3) is 5.56 Å². The zero-order valence-corrected chi connectivity index (χ0v) is 8.47. The van der Waals surface area contributed by atoms with Crippen LogP contribution in [-0.2, 0) is 0 Å². The minimum atomic E-state index is -0.229. The van der Waals surface area contributed by atoms with E-state index in [9.17, 15) is 4.79 Å². The van der Waals surface area contributed by atoms with Crippen LogP contribution < -0.4 is 16.8 Å². The van der Waals surface area contributed by atoms with Crippen molar-refractivity contribution in [2.75, 3.05) is 0 Å². The number of rotatable bonds is 1. The van der Waals surface area contributed by atoms with Crippen LogP contribution in [0, 0.1) is 0 Å². The van der Waals surface area contributed by atoms with Crippen LogP contribution in [0.1, 0.15) is 5.82 Å². The summed E-state index contributed by atoms with van der Waals surface area (Å²) in [7, 11) is 0. The molecule has 0 fully saturated rings. The summed E-state index contributed by atoms with van der Waals surface area (Å²) in [6, 6.07) is 7.02. The monoisotopic (exact) mass is 220 g/mol. The number of para-hydroxylation sites is 1. The molecule has 1 aromatic carbocycles. The van der Waals surface area contributed by atoms with E-state index in [4.69, 9.17) is 18.1 Å². The molecule has 0 saturated carbocycles. The fraction of sp³-hybridized carbons (Fsp3) is 0. The lowest BCUT2D eigenvalue weighted by atomic mass is 10.2. The highest BCUT2D eigenvalue weighted by Crippen LogP contribution is 2.05. The van der Waals surface area contributed by atoms with Crippen LogP contribution in [-0.4, -0.2) is 15.0 Å². The Hall–Kier alpha value is -1.79. The first-order valence-corrected chi connectivity index (χ1v) is 4.63. The molecule has 0 saturated heterocycles. The zero-order chi connectivity index (χ0) is 10.8. The number of thiocarbonyl (C=S) groups is 1. The number of H-pyrrole nitrogens is 1. The van der Waals surface area contributed by atoms with Crippen molar-refractivity contribution in [2.45, 2.75) is 0 Å².